The van der Waals surface area contributed by atoms with Crippen LogP contribution in [0.2, 0.25) is 0 Å². The summed E-state index contributed by atoms with van der Waals surface area (Å²) in [5.41, 5.74) is 0. The van der Waals surface area contributed by atoms with E-state index in [1.165, 1.54) is 0 Å². The Morgan fingerprint density at radius 3 is 0.921 bits per heavy atom. The van der Waals surface area contributed by atoms with Crippen LogP contribution >= 0.6 is 0 Å². The van der Waals surface area contributed by atoms with Crippen molar-refractivity contribution in [1.82, 2.24) is 38.9 Å². The van der Waals surface area contributed by atoms with E-state index in [1.54, 1.807) is 0 Å². The van der Waals surface area contributed by atoms with Gasteiger partial charge in [0.05, 0.1) is 40.5 Å². The highest BCUT2D eigenvalue weighted by atomic mass is 35.5. The number of nitrogens with zero attached hydrogens (tertiary/aromatic N) is 8. The summed E-state index contributed by atoms with van der Waals surface area (Å²) in [7, 11) is 4.26. The molecule has 1 fully saturated rings. The first-order chi connectivity index (χ1) is 17.4. The number of piperazine rings is 1. The first-order valence-electron chi connectivity index (χ1n) is 13.1. The standard InChI is InChI=1S/C24H42N8O4.2ClH/c1-7-15-33-21-25-19(26-22(29-21)34-16-8-2)31(5)11-13-32(6,14-12-31)20-27-23(35-17-9-3)30-24(28-20)36-18-10-4;;/h7-18H2,1-6H3;2*1H/q+2;;/p-2. The van der Waals surface area contributed by atoms with E-state index in [4.69, 9.17) is 18.9 Å². The van der Waals surface area contributed by atoms with Crippen LogP contribution in [0.25, 0.3) is 0 Å². The molecule has 0 saturated carbocycles. The average Bonchev–Trinajstić information content (AvgIpc) is 2.90. The molecule has 1 aliphatic rings. The minimum Gasteiger partial charge on any atom is -1.00 e. The zero-order valence-corrected chi connectivity index (χ0v) is 25.0. The lowest BCUT2D eigenvalue weighted by Crippen LogP contribution is -3.00. The molecule has 14 heteroatoms. The van der Waals surface area contributed by atoms with E-state index >= 15 is 0 Å². The number of hydrogen-bond donors (Lipinski definition) is 0. The fraction of sp³-hybridized carbons (Fsp3) is 0.750. The normalized spacial score (nSPS) is 20.6. The van der Waals surface area contributed by atoms with Gasteiger partial charge in [-0.05, 0) is 25.7 Å². The van der Waals surface area contributed by atoms with Crippen LogP contribution in [-0.2, 0) is 0 Å². The molecular weight excluding hydrogens is 535 g/mol. The second kappa shape index (κ2) is 16.0. The molecule has 2 aromatic heterocycles. The minimum atomic E-state index is 0. The number of halogens is 2. The van der Waals surface area contributed by atoms with Crippen molar-refractivity contribution in [3.63, 3.8) is 0 Å². The average molecular weight is 578 g/mol. The molecule has 2 aromatic rings. The molecule has 12 nitrogen and oxygen atoms in total. The Bertz CT molecular complexity index is 850. The maximum absolute atomic E-state index is 5.74. The maximum atomic E-state index is 5.74. The highest BCUT2D eigenvalue weighted by Gasteiger charge is 2.44. The lowest BCUT2D eigenvalue weighted by Gasteiger charge is -2.42. The molecule has 0 radical (unpaired) electrons. The number of likely N-dealkylation sites (N-methyl/N-ethyl adjacent to an activating group) is 2. The third-order valence-electron chi connectivity index (χ3n) is 6.05. The van der Waals surface area contributed by atoms with Crippen molar-refractivity contribution in [2.75, 3.05) is 66.7 Å². The molecule has 0 spiro atoms. The Labute approximate surface area is 238 Å². The lowest BCUT2D eigenvalue weighted by atomic mass is 10.2. The third-order valence-corrected chi connectivity index (χ3v) is 6.05. The molecule has 3 rings (SSSR count). The molecule has 0 N–H and O–H groups in total. The summed E-state index contributed by atoms with van der Waals surface area (Å²) in [4.78, 5) is 27.3. The third kappa shape index (κ3) is 8.89. The van der Waals surface area contributed by atoms with Gasteiger partial charge in [-0.2, -0.15) is 0 Å². The second-order valence-electron chi connectivity index (χ2n) is 9.48. The van der Waals surface area contributed by atoms with Crippen molar-refractivity contribution < 1.29 is 43.8 Å². The van der Waals surface area contributed by atoms with Crippen LogP contribution in [0.4, 0.5) is 11.9 Å². The molecule has 1 aliphatic heterocycles. The van der Waals surface area contributed by atoms with Crippen molar-refractivity contribution in [3.8, 4) is 24.0 Å². The van der Waals surface area contributed by atoms with Crippen LogP contribution in [0.15, 0.2) is 0 Å². The molecule has 0 bridgehead atoms. The summed E-state index contributed by atoms with van der Waals surface area (Å²) in [6.07, 6.45) is 3.48. The molecule has 1 saturated heterocycles. The van der Waals surface area contributed by atoms with Crippen LogP contribution in [-0.4, -0.2) is 96.6 Å². The first-order valence-corrected chi connectivity index (χ1v) is 13.1. The molecular formula is C24H42Cl2N8O4. The van der Waals surface area contributed by atoms with Gasteiger partial charge in [-0.3, -0.25) is 8.97 Å². The first kappa shape index (κ1) is 33.7. The Morgan fingerprint density at radius 2 is 0.711 bits per heavy atom. The Morgan fingerprint density at radius 1 is 0.474 bits per heavy atom. The Hall–Kier alpha value is -2.28. The zero-order chi connectivity index (χ0) is 26.0. The van der Waals surface area contributed by atoms with Gasteiger partial charge in [0, 0.05) is 0 Å². The molecule has 0 aliphatic carbocycles. The smallest absolute Gasteiger partial charge is 0.338 e. The summed E-state index contributed by atoms with van der Waals surface area (Å²) in [5.74, 6) is 1.28. The summed E-state index contributed by atoms with van der Waals surface area (Å²) < 4.78 is 24.0. The van der Waals surface area contributed by atoms with Crippen molar-refractivity contribution >= 4 is 11.9 Å². The number of rotatable bonds is 14. The van der Waals surface area contributed by atoms with Gasteiger partial charge in [0.2, 0.25) is 0 Å². The van der Waals surface area contributed by atoms with E-state index in [0.29, 0.717) is 71.3 Å². The summed E-state index contributed by atoms with van der Waals surface area (Å²) >= 11 is 0. The molecule has 3 heterocycles. The topological polar surface area (TPSA) is 114 Å². The predicted octanol–water partition coefficient (Wildman–Crippen LogP) is -3.19. The van der Waals surface area contributed by atoms with Crippen molar-refractivity contribution in [1.29, 1.82) is 0 Å². The Kier molecular flexibility index (Phi) is 14.2. The van der Waals surface area contributed by atoms with Gasteiger partial charge in [0.1, 0.15) is 26.2 Å². The van der Waals surface area contributed by atoms with Gasteiger partial charge in [-0.1, -0.05) is 27.7 Å². The van der Waals surface area contributed by atoms with Crippen molar-refractivity contribution in [3.05, 3.63) is 0 Å². The monoisotopic (exact) mass is 576 g/mol. The molecule has 0 amide bonds. The summed E-state index contributed by atoms with van der Waals surface area (Å²) in [6, 6.07) is 1.23. The highest BCUT2D eigenvalue weighted by Crippen LogP contribution is 2.29. The van der Waals surface area contributed by atoms with Crippen molar-refractivity contribution in [2.45, 2.75) is 53.4 Å². The van der Waals surface area contributed by atoms with Crippen LogP contribution in [0.3, 0.4) is 0 Å². The number of aromatic nitrogens is 6. The zero-order valence-electron chi connectivity index (χ0n) is 23.5. The summed E-state index contributed by atoms with van der Waals surface area (Å²) in [5, 5.41) is 0. The van der Waals surface area contributed by atoms with E-state index in [-0.39, 0.29) is 24.8 Å². The van der Waals surface area contributed by atoms with Gasteiger partial charge in [-0.15, -0.1) is 29.9 Å². The van der Waals surface area contributed by atoms with E-state index < -0.39 is 0 Å². The lowest BCUT2D eigenvalue weighted by molar-refractivity contribution is -0.00100. The van der Waals surface area contributed by atoms with Gasteiger partial charge < -0.3 is 43.8 Å². The van der Waals surface area contributed by atoms with Gasteiger partial charge in [0.15, 0.2) is 0 Å². The van der Waals surface area contributed by atoms with E-state index in [1.807, 2.05) is 27.7 Å². The number of ether oxygens (including phenoxy) is 4. The largest absolute Gasteiger partial charge is 1.00 e. The molecule has 38 heavy (non-hydrogen) atoms. The highest BCUT2D eigenvalue weighted by molar-refractivity contribution is 5.33. The van der Waals surface area contributed by atoms with E-state index in [0.717, 1.165) is 51.9 Å². The van der Waals surface area contributed by atoms with Crippen LogP contribution < -0.4 is 52.7 Å². The van der Waals surface area contributed by atoms with Gasteiger partial charge in [0.25, 0.3) is 0 Å². The van der Waals surface area contributed by atoms with E-state index in [2.05, 4.69) is 44.0 Å². The fourth-order valence-electron chi connectivity index (χ4n) is 3.68. The number of hydrogen-bond acceptors (Lipinski definition) is 10. The summed E-state index contributed by atoms with van der Waals surface area (Å²) in [6.45, 7) is 13.4. The fourth-order valence-corrected chi connectivity index (χ4v) is 3.68. The van der Waals surface area contributed by atoms with E-state index in [9.17, 15) is 0 Å². The molecule has 0 aromatic carbocycles. The Balaban J connectivity index is 0.00000361. The van der Waals surface area contributed by atoms with Crippen LogP contribution in [0, 0.1) is 0 Å². The SMILES string of the molecule is CCCOc1nc(OCCC)nc([N+]2(C)CC[N+](C)(c3nc(OCCC)nc(OCCC)n3)CC2)n1.[Cl-].[Cl-]. The number of quaternary nitrogens is 2. The van der Waals surface area contributed by atoms with Crippen LogP contribution in [0.1, 0.15) is 53.4 Å². The van der Waals surface area contributed by atoms with Crippen LogP contribution in [0.5, 0.6) is 24.0 Å². The second-order valence-corrected chi connectivity index (χ2v) is 9.48. The molecule has 216 valence electrons. The van der Waals surface area contributed by atoms with Gasteiger partial charge >= 0.3 is 35.9 Å². The van der Waals surface area contributed by atoms with Crippen molar-refractivity contribution in [2.24, 2.45) is 0 Å². The van der Waals surface area contributed by atoms with Gasteiger partial charge in [-0.25, -0.2) is 0 Å². The molecule has 0 atom stereocenters. The minimum absolute atomic E-state index is 0. The predicted molar refractivity (Wildman–Crippen MR) is 138 cm³/mol. The molecule has 0 unspecified atom stereocenters. The maximum Gasteiger partial charge on any atom is 0.338 e. The quantitative estimate of drug-likeness (QED) is 0.213.